The minimum absolute atomic E-state index is 0.200. The van der Waals surface area contributed by atoms with Gasteiger partial charge < -0.3 is 9.84 Å². The maximum Gasteiger partial charge on any atom is 0.0814 e. The Hall–Kier alpha value is -0.380. The normalized spacial score (nSPS) is 13.8. The van der Waals surface area contributed by atoms with E-state index in [9.17, 15) is 5.11 Å². The van der Waals surface area contributed by atoms with Crippen LogP contribution in [0.2, 0.25) is 0 Å². The summed E-state index contributed by atoms with van der Waals surface area (Å²) in [5.74, 6) is 0. The highest BCUT2D eigenvalue weighted by Crippen LogP contribution is 2.18. The highest BCUT2D eigenvalue weighted by molar-refractivity contribution is 9.10. The van der Waals surface area contributed by atoms with Crippen LogP contribution in [0.25, 0.3) is 0 Å². The van der Waals surface area contributed by atoms with Crippen LogP contribution in [0.15, 0.2) is 28.7 Å². The van der Waals surface area contributed by atoms with Crippen LogP contribution in [0.5, 0.6) is 0 Å². The minimum atomic E-state index is -0.460. The van der Waals surface area contributed by atoms with Crippen molar-refractivity contribution in [1.82, 2.24) is 0 Å². The highest BCUT2D eigenvalue weighted by Gasteiger charge is 2.14. The zero-order valence-corrected chi connectivity index (χ0v) is 11.6. The van der Waals surface area contributed by atoms with Crippen molar-refractivity contribution in [3.05, 3.63) is 34.3 Å². The number of halogens is 1. The smallest absolute Gasteiger partial charge is 0.0814 e. The molecule has 0 heterocycles. The Labute approximate surface area is 106 Å². The molecule has 1 aromatic rings. The summed E-state index contributed by atoms with van der Waals surface area (Å²) in [6, 6.07) is 7.92. The summed E-state index contributed by atoms with van der Waals surface area (Å²) >= 11 is 3.46. The van der Waals surface area contributed by atoms with E-state index in [0.29, 0.717) is 13.0 Å². The third kappa shape index (κ3) is 5.10. The first-order chi connectivity index (χ1) is 7.38. The molecule has 0 aliphatic carbocycles. The molecule has 1 atom stereocenters. The molecule has 0 amide bonds. The fourth-order valence-corrected chi connectivity index (χ4v) is 1.77. The largest absolute Gasteiger partial charge is 0.390 e. The van der Waals surface area contributed by atoms with E-state index in [1.165, 1.54) is 0 Å². The highest BCUT2D eigenvalue weighted by atomic mass is 79.9. The minimum Gasteiger partial charge on any atom is -0.390 e. The molecule has 1 N–H and O–H groups in total. The molecule has 1 aromatic carbocycles. The van der Waals surface area contributed by atoms with Crippen molar-refractivity contribution in [3.8, 4) is 0 Å². The molecule has 0 bridgehead atoms. The maximum atomic E-state index is 9.84. The molecule has 0 aliphatic heterocycles. The summed E-state index contributed by atoms with van der Waals surface area (Å²) in [5, 5.41) is 9.84. The van der Waals surface area contributed by atoms with Crippen LogP contribution >= 0.6 is 15.9 Å². The van der Waals surface area contributed by atoms with Gasteiger partial charge in [-0.05, 0) is 32.4 Å². The van der Waals surface area contributed by atoms with Gasteiger partial charge in [0.25, 0.3) is 0 Å². The zero-order valence-electron chi connectivity index (χ0n) is 10.0. The van der Waals surface area contributed by atoms with Gasteiger partial charge in [0.1, 0.15) is 0 Å². The Balaban J connectivity index is 2.46. The van der Waals surface area contributed by atoms with Crippen LogP contribution in [0, 0.1) is 0 Å². The second-order valence-electron chi connectivity index (χ2n) is 4.87. The fourth-order valence-electron chi connectivity index (χ4n) is 1.32. The Morgan fingerprint density at radius 1 is 1.31 bits per heavy atom. The molecule has 0 radical (unpaired) electrons. The third-order valence-corrected chi connectivity index (χ3v) is 2.90. The second-order valence-corrected chi connectivity index (χ2v) is 5.73. The molecule has 1 unspecified atom stereocenters. The Morgan fingerprint density at radius 3 is 2.50 bits per heavy atom. The van der Waals surface area contributed by atoms with Crippen molar-refractivity contribution in [1.29, 1.82) is 0 Å². The lowest BCUT2D eigenvalue weighted by atomic mass is 10.1. The SMILES string of the molecule is CC(C)(C)OCC(O)Cc1ccccc1Br. The van der Waals surface area contributed by atoms with E-state index in [-0.39, 0.29) is 5.60 Å². The lowest BCUT2D eigenvalue weighted by molar-refractivity contribution is -0.0482. The number of aliphatic hydroxyl groups is 1. The van der Waals surface area contributed by atoms with E-state index in [1.807, 2.05) is 45.0 Å². The van der Waals surface area contributed by atoms with Gasteiger partial charge in [-0.25, -0.2) is 0 Å². The molecule has 0 aromatic heterocycles. The Kier molecular flexibility index (Phi) is 4.96. The van der Waals surface area contributed by atoms with Crippen molar-refractivity contribution < 1.29 is 9.84 Å². The van der Waals surface area contributed by atoms with Crippen molar-refractivity contribution in [2.75, 3.05) is 6.61 Å². The first kappa shape index (κ1) is 13.7. The molecule has 90 valence electrons. The van der Waals surface area contributed by atoms with E-state index in [1.54, 1.807) is 0 Å². The molecule has 0 saturated carbocycles. The molecule has 3 heteroatoms. The molecule has 1 rings (SSSR count). The molecule has 0 aliphatic rings. The maximum absolute atomic E-state index is 9.84. The molecule has 0 fully saturated rings. The van der Waals surface area contributed by atoms with E-state index in [4.69, 9.17) is 4.74 Å². The van der Waals surface area contributed by atoms with Crippen LogP contribution in [-0.4, -0.2) is 23.4 Å². The molecule has 16 heavy (non-hydrogen) atoms. The summed E-state index contributed by atoms with van der Waals surface area (Å²) in [6.45, 7) is 6.32. The van der Waals surface area contributed by atoms with Gasteiger partial charge in [0, 0.05) is 10.9 Å². The van der Waals surface area contributed by atoms with Gasteiger partial charge in [-0.15, -0.1) is 0 Å². The van der Waals surface area contributed by atoms with Gasteiger partial charge in [-0.1, -0.05) is 34.1 Å². The van der Waals surface area contributed by atoms with Crippen LogP contribution in [0.3, 0.4) is 0 Å². The second kappa shape index (κ2) is 5.80. The standard InChI is InChI=1S/C13H19BrO2/c1-13(2,3)16-9-11(15)8-10-6-4-5-7-12(10)14/h4-7,11,15H,8-9H2,1-3H3. The van der Waals surface area contributed by atoms with Gasteiger partial charge in [0.05, 0.1) is 18.3 Å². The quantitative estimate of drug-likeness (QED) is 0.921. The topological polar surface area (TPSA) is 29.5 Å². The molecule has 2 nitrogen and oxygen atoms in total. The van der Waals surface area contributed by atoms with Gasteiger partial charge in [0.15, 0.2) is 0 Å². The fraction of sp³-hybridized carbons (Fsp3) is 0.538. The summed E-state index contributed by atoms with van der Waals surface area (Å²) in [5.41, 5.74) is 0.905. The Morgan fingerprint density at radius 2 is 1.94 bits per heavy atom. The van der Waals surface area contributed by atoms with Crippen LogP contribution in [0.1, 0.15) is 26.3 Å². The van der Waals surface area contributed by atoms with E-state index < -0.39 is 6.10 Å². The first-order valence-corrected chi connectivity index (χ1v) is 6.23. The van der Waals surface area contributed by atoms with E-state index >= 15 is 0 Å². The molecular weight excluding hydrogens is 268 g/mol. The van der Waals surface area contributed by atoms with Crippen LogP contribution in [0.4, 0.5) is 0 Å². The lowest BCUT2D eigenvalue weighted by Crippen LogP contribution is -2.27. The van der Waals surface area contributed by atoms with E-state index in [0.717, 1.165) is 10.0 Å². The number of ether oxygens (including phenoxy) is 1. The molecule has 0 spiro atoms. The molecular formula is C13H19BrO2. The van der Waals surface area contributed by atoms with Crippen LogP contribution in [-0.2, 0) is 11.2 Å². The first-order valence-electron chi connectivity index (χ1n) is 5.44. The van der Waals surface area contributed by atoms with Gasteiger partial charge in [0.2, 0.25) is 0 Å². The van der Waals surface area contributed by atoms with Crippen molar-refractivity contribution in [2.45, 2.75) is 38.9 Å². The van der Waals surface area contributed by atoms with Crippen molar-refractivity contribution >= 4 is 15.9 Å². The number of rotatable bonds is 4. The average molecular weight is 287 g/mol. The van der Waals surface area contributed by atoms with Crippen LogP contribution < -0.4 is 0 Å². The lowest BCUT2D eigenvalue weighted by Gasteiger charge is -2.22. The average Bonchev–Trinajstić information content (AvgIpc) is 2.18. The summed E-state index contributed by atoms with van der Waals surface area (Å²) < 4.78 is 6.57. The van der Waals surface area contributed by atoms with Gasteiger partial charge >= 0.3 is 0 Å². The van der Waals surface area contributed by atoms with Crippen molar-refractivity contribution in [2.24, 2.45) is 0 Å². The van der Waals surface area contributed by atoms with Gasteiger partial charge in [-0.2, -0.15) is 0 Å². The monoisotopic (exact) mass is 286 g/mol. The number of hydrogen-bond donors (Lipinski definition) is 1. The predicted octanol–water partition coefficient (Wildman–Crippen LogP) is 3.17. The Bertz CT molecular complexity index is 331. The van der Waals surface area contributed by atoms with Gasteiger partial charge in [-0.3, -0.25) is 0 Å². The van der Waals surface area contributed by atoms with Crippen molar-refractivity contribution in [3.63, 3.8) is 0 Å². The third-order valence-electron chi connectivity index (χ3n) is 2.12. The summed E-state index contributed by atoms with van der Waals surface area (Å²) in [7, 11) is 0. The summed E-state index contributed by atoms with van der Waals surface area (Å²) in [6.07, 6.45) is 0.148. The number of hydrogen-bond acceptors (Lipinski definition) is 2. The number of aliphatic hydroxyl groups excluding tert-OH is 1. The zero-order chi connectivity index (χ0) is 12.2. The summed E-state index contributed by atoms with van der Waals surface area (Å²) in [4.78, 5) is 0. The number of benzene rings is 1. The predicted molar refractivity (Wildman–Crippen MR) is 69.6 cm³/mol. The molecule has 0 saturated heterocycles. The van der Waals surface area contributed by atoms with E-state index in [2.05, 4.69) is 15.9 Å².